The Morgan fingerprint density at radius 1 is 1.19 bits per heavy atom. The molecule has 0 heterocycles. The van der Waals surface area contributed by atoms with E-state index in [2.05, 4.69) is 21.2 Å². The van der Waals surface area contributed by atoms with E-state index in [1.165, 1.54) is 0 Å². The molecule has 3 nitrogen and oxygen atoms in total. The summed E-state index contributed by atoms with van der Waals surface area (Å²) in [7, 11) is 0. The van der Waals surface area contributed by atoms with Gasteiger partial charge in [0.25, 0.3) is 5.91 Å². The van der Waals surface area contributed by atoms with Crippen LogP contribution in [0, 0.1) is 5.92 Å². The molecule has 0 saturated carbocycles. The fraction of sp³-hybridized carbons (Fsp3) is 0.333. The number of hydrogen-bond donors (Lipinski definition) is 1. The summed E-state index contributed by atoms with van der Waals surface area (Å²) in [5, 5.41) is 2.35. The van der Waals surface area contributed by atoms with Crippen LogP contribution in [-0.4, -0.2) is 16.6 Å². The molecular weight excluding hydrogens is 270 g/mol. The maximum Gasteiger partial charge on any atom is 0.257 e. The zero-order valence-corrected chi connectivity index (χ0v) is 10.8. The third-order valence-corrected chi connectivity index (χ3v) is 3.58. The molecule has 1 aromatic rings. The molecule has 0 fully saturated rings. The van der Waals surface area contributed by atoms with Gasteiger partial charge in [-0.3, -0.25) is 14.9 Å². The van der Waals surface area contributed by atoms with Crippen LogP contribution in [0.1, 0.15) is 24.2 Å². The number of carbonyl (C=O) groups excluding carboxylic acids is 2. The van der Waals surface area contributed by atoms with Crippen LogP contribution in [0.25, 0.3) is 0 Å². The van der Waals surface area contributed by atoms with Gasteiger partial charge in [-0.2, -0.15) is 0 Å². The van der Waals surface area contributed by atoms with Crippen LogP contribution in [0.2, 0.25) is 0 Å². The van der Waals surface area contributed by atoms with Crippen LogP contribution in [0.5, 0.6) is 0 Å². The van der Waals surface area contributed by atoms with E-state index < -0.39 is 0 Å². The molecule has 0 radical (unpaired) electrons. The Kier molecular flexibility index (Phi) is 4.68. The second kappa shape index (κ2) is 5.80. The molecule has 2 amide bonds. The van der Waals surface area contributed by atoms with E-state index in [1.54, 1.807) is 24.3 Å². The summed E-state index contributed by atoms with van der Waals surface area (Å²) in [5.74, 6) is -0.525. The number of carbonyl (C=O) groups is 2. The van der Waals surface area contributed by atoms with Crippen molar-refractivity contribution in [1.82, 2.24) is 5.32 Å². The highest BCUT2D eigenvalue weighted by molar-refractivity contribution is 9.10. The van der Waals surface area contributed by atoms with Crippen molar-refractivity contribution in [3.8, 4) is 0 Å². The van der Waals surface area contributed by atoms with Crippen LogP contribution in [-0.2, 0) is 4.79 Å². The smallest absolute Gasteiger partial charge is 0.257 e. The molecule has 0 aliphatic rings. The van der Waals surface area contributed by atoms with Gasteiger partial charge in [-0.25, -0.2) is 0 Å². The quantitative estimate of drug-likeness (QED) is 0.866. The molecule has 0 bridgehead atoms. The van der Waals surface area contributed by atoms with Crippen molar-refractivity contribution in [2.75, 3.05) is 0 Å². The van der Waals surface area contributed by atoms with Crippen molar-refractivity contribution in [1.29, 1.82) is 0 Å². The Balaban J connectivity index is 2.62. The topological polar surface area (TPSA) is 46.2 Å². The Bertz CT molecular complexity index is 376. The predicted molar refractivity (Wildman–Crippen MR) is 66.5 cm³/mol. The highest BCUT2D eigenvalue weighted by Gasteiger charge is 2.20. The van der Waals surface area contributed by atoms with Gasteiger partial charge in [-0.05, 0) is 18.1 Å². The molecule has 0 saturated heterocycles. The minimum atomic E-state index is -0.365. The first-order valence-corrected chi connectivity index (χ1v) is 5.98. The lowest BCUT2D eigenvalue weighted by Gasteiger charge is -2.12. The van der Waals surface area contributed by atoms with Gasteiger partial charge in [0.2, 0.25) is 5.91 Å². The first-order valence-electron chi connectivity index (χ1n) is 5.06. The first kappa shape index (κ1) is 12.9. The van der Waals surface area contributed by atoms with Crippen LogP contribution >= 0.6 is 15.9 Å². The summed E-state index contributed by atoms with van der Waals surface area (Å²) in [4.78, 5) is 22.9. The van der Waals surface area contributed by atoms with Crippen LogP contribution in [0.4, 0.5) is 0 Å². The average molecular weight is 284 g/mol. The third kappa shape index (κ3) is 3.45. The van der Waals surface area contributed by atoms with Gasteiger partial charge >= 0.3 is 0 Å². The van der Waals surface area contributed by atoms with E-state index in [-0.39, 0.29) is 22.6 Å². The van der Waals surface area contributed by atoms with Crippen molar-refractivity contribution < 1.29 is 9.59 Å². The Labute approximate surface area is 103 Å². The lowest BCUT2D eigenvalue weighted by atomic mass is 10.1. The molecule has 16 heavy (non-hydrogen) atoms. The number of alkyl halides is 1. The number of halogens is 1. The minimum Gasteiger partial charge on any atom is -0.291 e. The zero-order chi connectivity index (χ0) is 12.1. The molecule has 1 unspecified atom stereocenters. The molecule has 0 aliphatic heterocycles. The van der Waals surface area contributed by atoms with Gasteiger partial charge in [0, 0.05) is 5.56 Å². The fourth-order valence-electron chi connectivity index (χ4n) is 1.15. The zero-order valence-electron chi connectivity index (χ0n) is 9.24. The van der Waals surface area contributed by atoms with E-state index in [0.717, 1.165) is 0 Å². The summed E-state index contributed by atoms with van der Waals surface area (Å²) in [6.07, 6.45) is 0. The van der Waals surface area contributed by atoms with E-state index in [4.69, 9.17) is 0 Å². The van der Waals surface area contributed by atoms with Crippen LogP contribution in [0.3, 0.4) is 0 Å². The lowest BCUT2D eigenvalue weighted by molar-refractivity contribution is -0.120. The molecule has 1 rings (SSSR count). The molecule has 0 aliphatic carbocycles. The number of benzene rings is 1. The van der Waals surface area contributed by atoms with Gasteiger partial charge in [0.1, 0.15) is 0 Å². The van der Waals surface area contributed by atoms with Crippen molar-refractivity contribution >= 4 is 27.7 Å². The standard InChI is InChI=1S/C12H14BrNO2/c1-8(2)10(13)12(16)14-11(15)9-6-4-3-5-7-9/h3-8,10H,1-2H3,(H,14,15,16). The molecule has 0 spiro atoms. The van der Waals surface area contributed by atoms with Crippen LogP contribution < -0.4 is 5.32 Å². The normalized spacial score (nSPS) is 12.2. The molecule has 0 aromatic heterocycles. The van der Waals surface area contributed by atoms with Crippen molar-refractivity contribution in [2.45, 2.75) is 18.7 Å². The van der Waals surface area contributed by atoms with E-state index >= 15 is 0 Å². The largest absolute Gasteiger partial charge is 0.291 e. The van der Waals surface area contributed by atoms with Crippen molar-refractivity contribution in [3.63, 3.8) is 0 Å². The summed E-state index contributed by atoms with van der Waals surface area (Å²) >= 11 is 3.24. The molecule has 1 atom stereocenters. The maximum atomic E-state index is 11.6. The number of amides is 2. The Morgan fingerprint density at radius 3 is 2.25 bits per heavy atom. The summed E-state index contributed by atoms with van der Waals surface area (Å²) in [5.41, 5.74) is 0.485. The van der Waals surface area contributed by atoms with Crippen molar-refractivity contribution in [3.05, 3.63) is 35.9 Å². The van der Waals surface area contributed by atoms with E-state index in [1.807, 2.05) is 19.9 Å². The number of hydrogen-bond acceptors (Lipinski definition) is 2. The number of imide groups is 1. The van der Waals surface area contributed by atoms with Gasteiger partial charge in [-0.15, -0.1) is 0 Å². The average Bonchev–Trinajstić information content (AvgIpc) is 2.28. The second-order valence-corrected chi connectivity index (χ2v) is 4.82. The van der Waals surface area contributed by atoms with Gasteiger partial charge in [-0.1, -0.05) is 48.0 Å². The van der Waals surface area contributed by atoms with E-state index in [0.29, 0.717) is 5.56 Å². The van der Waals surface area contributed by atoms with Gasteiger partial charge < -0.3 is 0 Å². The van der Waals surface area contributed by atoms with E-state index in [9.17, 15) is 9.59 Å². The third-order valence-electron chi connectivity index (χ3n) is 2.11. The fourth-order valence-corrected chi connectivity index (χ4v) is 1.26. The SMILES string of the molecule is CC(C)C(Br)C(=O)NC(=O)c1ccccc1. The van der Waals surface area contributed by atoms with Gasteiger partial charge in [0.15, 0.2) is 0 Å². The van der Waals surface area contributed by atoms with Gasteiger partial charge in [0.05, 0.1) is 4.83 Å². The molecule has 1 aromatic carbocycles. The summed E-state index contributed by atoms with van der Waals surface area (Å²) in [6.45, 7) is 3.82. The summed E-state index contributed by atoms with van der Waals surface area (Å²) in [6, 6.07) is 8.67. The first-order chi connectivity index (χ1) is 7.52. The highest BCUT2D eigenvalue weighted by Crippen LogP contribution is 2.12. The number of rotatable bonds is 3. The second-order valence-electron chi connectivity index (χ2n) is 3.83. The van der Waals surface area contributed by atoms with Crippen molar-refractivity contribution in [2.24, 2.45) is 5.92 Å². The maximum absolute atomic E-state index is 11.6. The molecule has 4 heteroatoms. The predicted octanol–water partition coefficient (Wildman–Crippen LogP) is 2.36. The Hall–Kier alpha value is -1.16. The summed E-state index contributed by atoms with van der Waals surface area (Å²) < 4.78 is 0. The highest BCUT2D eigenvalue weighted by atomic mass is 79.9. The molecular formula is C12H14BrNO2. The molecule has 86 valence electrons. The minimum absolute atomic E-state index is 0.142. The molecule has 1 N–H and O–H groups in total. The Morgan fingerprint density at radius 2 is 1.75 bits per heavy atom. The number of nitrogens with one attached hydrogen (secondary N) is 1. The lowest BCUT2D eigenvalue weighted by Crippen LogP contribution is -2.38. The van der Waals surface area contributed by atoms with Crippen LogP contribution in [0.15, 0.2) is 30.3 Å². The monoisotopic (exact) mass is 283 g/mol.